The number of carbonyl (C=O) groups excluding carboxylic acids is 2. The zero-order valence-corrected chi connectivity index (χ0v) is 19.3. The predicted octanol–water partition coefficient (Wildman–Crippen LogP) is 4.95. The van der Waals surface area contributed by atoms with Gasteiger partial charge in [-0.05, 0) is 65.6 Å². The van der Waals surface area contributed by atoms with E-state index in [9.17, 15) is 19.5 Å². The minimum atomic E-state index is -1.07. The van der Waals surface area contributed by atoms with Crippen molar-refractivity contribution in [3.05, 3.63) is 89.0 Å². The summed E-state index contributed by atoms with van der Waals surface area (Å²) < 4.78 is 5.62. The van der Waals surface area contributed by atoms with Crippen LogP contribution in [0.15, 0.2) is 66.7 Å². The smallest absolute Gasteiger partial charge is 0.407 e. The predicted molar refractivity (Wildman–Crippen MR) is 131 cm³/mol. The molecule has 7 nitrogen and oxygen atoms in total. The highest BCUT2D eigenvalue weighted by molar-refractivity contribution is 5.99. The highest BCUT2D eigenvalue weighted by atomic mass is 16.5. The molecular weight excluding hydrogens is 444 g/mol. The number of carbonyl (C=O) groups is 3. The van der Waals surface area contributed by atoms with Gasteiger partial charge in [0.1, 0.15) is 12.6 Å². The number of rotatable bonds is 7. The number of anilines is 1. The van der Waals surface area contributed by atoms with Crippen LogP contribution in [-0.2, 0) is 9.53 Å². The molecule has 1 unspecified atom stereocenters. The summed E-state index contributed by atoms with van der Waals surface area (Å²) in [6.07, 6.45) is 1.01. The van der Waals surface area contributed by atoms with Crippen molar-refractivity contribution in [1.82, 2.24) is 5.32 Å². The topological polar surface area (TPSA) is 105 Å². The average molecular weight is 471 g/mol. The third kappa shape index (κ3) is 4.62. The van der Waals surface area contributed by atoms with Gasteiger partial charge in [-0.2, -0.15) is 0 Å². The van der Waals surface area contributed by atoms with Gasteiger partial charge in [-0.15, -0.1) is 0 Å². The van der Waals surface area contributed by atoms with Gasteiger partial charge in [0.15, 0.2) is 0 Å². The van der Waals surface area contributed by atoms with Crippen molar-refractivity contribution >= 4 is 23.7 Å². The number of carboxylic acids is 1. The van der Waals surface area contributed by atoms with Crippen LogP contribution in [-0.4, -0.2) is 35.7 Å². The monoisotopic (exact) mass is 470 g/mol. The highest BCUT2D eigenvalue weighted by Crippen LogP contribution is 2.44. The van der Waals surface area contributed by atoms with Crippen molar-refractivity contribution in [3.63, 3.8) is 0 Å². The molecule has 5 rings (SSSR count). The molecule has 3 N–H and O–H groups in total. The van der Waals surface area contributed by atoms with Crippen molar-refractivity contribution in [2.75, 3.05) is 11.9 Å². The average Bonchev–Trinajstić information content (AvgIpc) is 3.65. The molecule has 3 aromatic carbocycles. The van der Waals surface area contributed by atoms with E-state index in [0.717, 1.165) is 40.7 Å². The van der Waals surface area contributed by atoms with E-state index in [1.54, 1.807) is 13.0 Å². The third-order valence-electron chi connectivity index (χ3n) is 6.74. The zero-order chi connectivity index (χ0) is 24.5. The number of aryl methyl sites for hydroxylation is 1. The lowest BCUT2D eigenvalue weighted by molar-refractivity contribution is -0.118. The maximum Gasteiger partial charge on any atom is 0.407 e. The fraction of sp³-hybridized carbons (Fsp3) is 0.250. The Labute approximate surface area is 203 Å². The number of nitrogens with one attached hydrogen (secondary N) is 2. The number of amides is 2. The summed E-state index contributed by atoms with van der Waals surface area (Å²) in [5, 5.41) is 14.8. The summed E-state index contributed by atoms with van der Waals surface area (Å²) >= 11 is 0. The minimum Gasteiger partial charge on any atom is -0.478 e. The largest absolute Gasteiger partial charge is 0.478 e. The fourth-order valence-electron chi connectivity index (χ4n) is 4.69. The Kier molecular flexibility index (Phi) is 5.99. The standard InChI is InChI=1S/C28H26N2O5/c1-16-10-11-18(27(32)33)14-24(16)29-26(31)25(17-12-13-17)30-28(34)35-15-23-21-8-4-2-6-19(21)20-7-3-5-9-22(20)23/h2-11,14,17,23,25H,12-13,15H2,1H3,(H,29,31)(H,30,34)(H,32,33). The summed E-state index contributed by atoms with van der Waals surface area (Å²) in [6.45, 7) is 1.95. The summed E-state index contributed by atoms with van der Waals surface area (Å²) in [7, 11) is 0. The van der Waals surface area contributed by atoms with Gasteiger partial charge in [0, 0.05) is 11.6 Å². The molecule has 0 saturated heterocycles. The molecule has 0 heterocycles. The second-order valence-corrected chi connectivity index (χ2v) is 9.11. The molecule has 1 saturated carbocycles. The van der Waals surface area contributed by atoms with Gasteiger partial charge in [-0.3, -0.25) is 4.79 Å². The van der Waals surface area contributed by atoms with E-state index < -0.39 is 18.1 Å². The number of fused-ring (bicyclic) bond motifs is 3. The first-order valence-electron chi connectivity index (χ1n) is 11.7. The van der Waals surface area contributed by atoms with E-state index in [2.05, 4.69) is 34.9 Å². The molecule has 178 valence electrons. The van der Waals surface area contributed by atoms with Crippen molar-refractivity contribution in [3.8, 4) is 11.1 Å². The van der Waals surface area contributed by atoms with E-state index in [-0.39, 0.29) is 29.9 Å². The van der Waals surface area contributed by atoms with Crippen LogP contribution in [0.4, 0.5) is 10.5 Å². The number of alkyl carbamates (subject to hydrolysis) is 1. The molecule has 1 fully saturated rings. The quantitative estimate of drug-likeness (QED) is 0.453. The lowest BCUT2D eigenvalue weighted by Gasteiger charge is -2.20. The molecule has 2 amide bonds. The number of aromatic carboxylic acids is 1. The van der Waals surface area contributed by atoms with Gasteiger partial charge in [0.2, 0.25) is 5.91 Å². The SMILES string of the molecule is Cc1ccc(C(=O)O)cc1NC(=O)C(NC(=O)OCC1c2ccccc2-c2ccccc21)C1CC1. The summed E-state index contributed by atoms with van der Waals surface area (Å²) in [4.78, 5) is 37.1. The van der Waals surface area contributed by atoms with E-state index in [1.165, 1.54) is 12.1 Å². The van der Waals surface area contributed by atoms with Crippen molar-refractivity contribution in [1.29, 1.82) is 0 Å². The number of hydrogen-bond acceptors (Lipinski definition) is 4. The van der Waals surface area contributed by atoms with Crippen LogP contribution in [0.5, 0.6) is 0 Å². The van der Waals surface area contributed by atoms with Crippen LogP contribution >= 0.6 is 0 Å². The van der Waals surface area contributed by atoms with Gasteiger partial charge in [-0.25, -0.2) is 9.59 Å². The Morgan fingerprint density at radius 3 is 2.20 bits per heavy atom. The molecule has 0 spiro atoms. The zero-order valence-electron chi connectivity index (χ0n) is 19.3. The van der Waals surface area contributed by atoms with Crippen molar-refractivity contribution in [2.45, 2.75) is 31.7 Å². The van der Waals surface area contributed by atoms with Crippen molar-refractivity contribution in [2.24, 2.45) is 5.92 Å². The molecule has 7 heteroatoms. The van der Waals surface area contributed by atoms with Crippen LogP contribution < -0.4 is 10.6 Å². The number of ether oxygens (including phenoxy) is 1. The van der Waals surface area contributed by atoms with Crippen LogP contribution in [0.1, 0.15) is 45.8 Å². The molecule has 0 radical (unpaired) electrons. The molecule has 0 bridgehead atoms. The molecule has 0 aliphatic heterocycles. The van der Waals surface area contributed by atoms with E-state index in [4.69, 9.17) is 4.74 Å². The first kappa shape index (κ1) is 22.7. The Balaban J connectivity index is 1.26. The van der Waals surface area contributed by atoms with Crippen LogP contribution in [0, 0.1) is 12.8 Å². The Bertz CT molecular complexity index is 1270. The van der Waals surface area contributed by atoms with Crippen LogP contribution in [0.25, 0.3) is 11.1 Å². The summed E-state index contributed by atoms with van der Waals surface area (Å²) in [6, 6.07) is 20.0. The second-order valence-electron chi connectivity index (χ2n) is 9.11. The molecular formula is C28H26N2O5. The molecule has 2 aliphatic rings. The highest BCUT2D eigenvalue weighted by Gasteiger charge is 2.38. The van der Waals surface area contributed by atoms with Gasteiger partial charge in [-0.1, -0.05) is 54.6 Å². The lowest BCUT2D eigenvalue weighted by atomic mass is 9.98. The summed E-state index contributed by atoms with van der Waals surface area (Å²) in [5.41, 5.74) is 5.75. The van der Waals surface area contributed by atoms with Gasteiger partial charge in [0.05, 0.1) is 5.56 Å². The van der Waals surface area contributed by atoms with E-state index in [0.29, 0.717) is 5.69 Å². The van der Waals surface area contributed by atoms with Gasteiger partial charge >= 0.3 is 12.1 Å². The fourth-order valence-corrected chi connectivity index (χ4v) is 4.69. The minimum absolute atomic E-state index is 0.0263. The van der Waals surface area contributed by atoms with E-state index in [1.807, 2.05) is 24.3 Å². The molecule has 3 aromatic rings. The molecule has 0 aromatic heterocycles. The third-order valence-corrected chi connectivity index (χ3v) is 6.74. The Morgan fingerprint density at radius 2 is 1.60 bits per heavy atom. The molecule has 35 heavy (non-hydrogen) atoms. The first-order valence-corrected chi connectivity index (χ1v) is 11.7. The second kappa shape index (κ2) is 9.25. The maximum atomic E-state index is 13.0. The summed E-state index contributed by atoms with van der Waals surface area (Å²) in [5.74, 6) is -1.50. The number of carboxylic acid groups (broad SMARTS) is 1. The van der Waals surface area contributed by atoms with Gasteiger partial charge in [0.25, 0.3) is 0 Å². The van der Waals surface area contributed by atoms with Gasteiger partial charge < -0.3 is 20.5 Å². The van der Waals surface area contributed by atoms with Crippen LogP contribution in [0.2, 0.25) is 0 Å². The van der Waals surface area contributed by atoms with Crippen LogP contribution in [0.3, 0.4) is 0 Å². The lowest BCUT2D eigenvalue weighted by Crippen LogP contribution is -2.45. The molecule has 1 atom stereocenters. The van der Waals surface area contributed by atoms with E-state index >= 15 is 0 Å². The number of hydrogen-bond donors (Lipinski definition) is 3. The molecule has 2 aliphatic carbocycles. The van der Waals surface area contributed by atoms with Crippen molar-refractivity contribution < 1.29 is 24.2 Å². The normalized spacial score (nSPS) is 15.0. The Morgan fingerprint density at radius 1 is 0.971 bits per heavy atom. The Hall–Kier alpha value is -4.13. The first-order chi connectivity index (χ1) is 16.9. The number of benzene rings is 3. The maximum absolute atomic E-state index is 13.0.